The molecule has 0 fully saturated rings. The number of hydrogen-bond acceptors (Lipinski definition) is 4. The number of carbonyl (C=O) groups is 2. The van der Waals surface area contributed by atoms with Gasteiger partial charge >= 0.3 is 5.97 Å². The van der Waals surface area contributed by atoms with Crippen molar-refractivity contribution < 1.29 is 19.4 Å². The molecule has 4 nitrogen and oxygen atoms in total. The fraction of sp³-hybridized carbons (Fsp3) is 0.571. The average molecular weight is 254 g/mol. The number of rotatable bonds is 10. The predicted molar refractivity (Wildman–Crippen MR) is 70.1 cm³/mol. The van der Waals surface area contributed by atoms with Gasteiger partial charge in [0, 0.05) is 6.42 Å². The summed E-state index contributed by atoms with van der Waals surface area (Å²) in [7, 11) is 0. The third kappa shape index (κ3) is 9.78. The molecular weight excluding hydrogens is 232 g/mol. The minimum atomic E-state index is -0.846. The summed E-state index contributed by atoms with van der Waals surface area (Å²) in [6.07, 6.45) is 6.15. The molecule has 4 heteroatoms. The van der Waals surface area contributed by atoms with E-state index in [1.165, 1.54) is 6.08 Å². The molecule has 0 saturated carbocycles. The van der Waals surface area contributed by atoms with Gasteiger partial charge in [-0.1, -0.05) is 31.6 Å². The van der Waals surface area contributed by atoms with Crippen molar-refractivity contribution in [3.8, 4) is 0 Å². The van der Waals surface area contributed by atoms with E-state index in [1.807, 2.05) is 6.92 Å². The first kappa shape index (κ1) is 16.6. The number of carbonyl (C=O) groups excluding carboxylic acids is 2. The molecule has 0 bridgehead atoms. The third-order valence-corrected chi connectivity index (χ3v) is 2.20. The molecule has 0 saturated heterocycles. The second-order valence-corrected chi connectivity index (χ2v) is 4.01. The third-order valence-electron chi connectivity index (χ3n) is 2.20. The van der Waals surface area contributed by atoms with Crippen LogP contribution in [0.25, 0.3) is 0 Å². The second kappa shape index (κ2) is 10.7. The normalized spacial score (nSPS) is 12.3. The Hall–Kier alpha value is -1.42. The number of ketones is 1. The number of unbranched alkanes of at least 4 members (excludes halogenated alkanes) is 1. The number of aliphatic hydroxyl groups excluding tert-OH is 1. The largest absolute Gasteiger partial charge is 0.465 e. The first-order valence-corrected chi connectivity index (χ1v) is 6.23. The van der Waals surface area contributed by atoms with Crippen molar-refractivity contribution in [1.82, 2.24) is 0 Å². The van der Waals surface area contributed by atoms with Crippen LogP contribution in [0.15, 0.2) is 24.8 Å². The van der Waals surface area contributed by atoms with Gasteiger partial charge in [0.2, 0.25) is 0 Å². The van der Waals surface area contributed by atoms with E-state index in [0.29, 0.717) is 13.0 Å². The highest BCUT2D eigenvalue weighted by Crippen LogP contribution is 2.01. The summed E-state index contributed by atoms with van der Waals surface area (Å²) in [5.41, 5.74) is 0. The minimum absolute atomic E-state index is 0.0590. The average Bonchev–Trinajstić information content (AvgIpc) is 2.29. The van der Waals surface area contributed by atoms with Crippen LogP contribution in [0.5, 0.6) is 0 Å². The number of allylic oxidation sites excluding steroid dienone is 2. The van der Waals surface area contributed by atoms with Gasteiger partial charge in [0.25, 0.3) is 0 Å². The Morgan fingerprint density at radius 1 is 1.44 bits per heavy atom. The van der Waals surface area contributed by atoms with Gasteiger partial charge in [0.1, 0.15) is 12.2 Å². The van der Waals surface area contributed by atoms with Gasteiger partial charge in [-0.15, -0.1) is 6.58 Å². The van der Waals surface area contributed by atoms with Gasteiger partial charge in [0.05, 0.1) is 12.7 Å². The molecule has 102 valence electrons. The van der Waals surface area contributed by atoms with Crippen LogP contribution in [0.4, 0.5) is 0 Å². The lowest BCUT2D eigenvalue weighted by molar-refractivity contribution is -0.146. The molecule has 1 atom stereocenters. The Morgan fingerprint density at radius 3 is 2.78 bits per heavy atom. The van der Waals surface area contributed by atoms with Crippen molar-refractivity contribution in [2.24, 2.45) is 0 Å². The Labute approximate surface area is 108 Å². The lowest BCUT2D eigenvalue weighted by atomic mass is 10.1. The van der Waals surface area contributed by atoms with E-state index in [0.717, 1.165) is 12.8 Å². The fourth-order valence-corrected chi connectivity index (χ4v) is 1.25. The van der Waals surface area contributed by atoms with Crippen molar-refractivity contribution in [3.63, 3.8) is 0 Å². The highest BCUT2D eigenvalue weighted by molar-refractivity contribution is 5.95. The molecule has 0 unspecified atom stereocenters. The summed E-state index contributed by atoms with van der Waals surface area (Å²) in [4.78, 5) is 22.6. The first-order valence-electron chi connectivity index (χ1n) is 6.23. The second-order valence-electron chi connectivity index (χ2n) is 4.01. The molecule has 0 rings (SSSR count). The van der Waals surface area contributed by atoms with Crippen molar-refractivity contribution in [2.45, 2.75) is 45.1 Å². The topological polar surface area (TPSA) is 63.6 Å². The summed E-state index contributed by atoms with van der Waals surface area (Å²) in [5, 5.41) is 9.48. The van der Waals surface area contributed by atoms with Crippen molar-refractivity contribution in [2.75, 3.05) is 6.61 Å². The van der Waals surface area contributed by atoms with Crippen LogP contribution in [-0.4, -0.2) is 29.6 Å². The summed E-state index contributed by atoms with van der Waals surface area (Å²) in [6, 6.07) is 0. The van der Waals surface area contributed by atoms with Crippen molar-refractivity contribution in [1.29, 1.82) is 0 Å². The molecule has 0 aromatic heterocycles. The highest BCUT2D eigenvalue weighted by atomic mass is 16.5. The maximum Gasteiger partial charge on any atom is 0.313 e. The molecule has 18 heavy (non-hydrogen) atoms. The molecule has 0 aromatic rings. The lowest BCUT2D eigenvalue weighted by Gasteiger charge is -2.05. The maximum absolute atomic E-state index is 11.4. The zero-order chi connectivity index (χ0) is 13.8. The van der Waals surface area contributed by atoms with E-state index >= 15 is 0 Å². The van der Waals surface area contributed by atoms with E-state index in [1.54, 1.807) is 12.2 Å². The number of aliphatic hydroxyl groups is 1. The van der Waals surface area contributed by atoms with Crippen molar-refractivity contribution in [3.05, 3.63) is 24.8 Å². The van der Waals surface area contributed by atoms with E-state index in [2.05, 4.69) is 6.58 Å². The van der Waals surface area contributed by atoms with Crippen molar-refractivity contribution >= 4 is 11.8 Å². The van der Waals surface area contributed by atoms with Gasteiger partial charge in [-0.25, -0.2) is 0 Å². The number of esters is 1. The van der Waals surface area contributed by atoms with Crippen LogP contribution in [-0.2, 0) is 14.3 Å². The standard InChI is InChI=1S/C14H22O4/c1-3-5-7-8-12(15)10-13(16)11-14(17)18-9-6-4-2/h3,7-8,12,15H,1,4-6,9-11H2,2H3/b8-7+/t12-/m1/s1. The van der Waals surface area contributed by atoms with E-state index < -0.39 is 12.1 Å². The molecule has 0 aliphatic heterocycles. The zero-order valence-corrected chi connectivity index (χ0v) is 10.9. The minimum Gasteiger partial charge on any atom is -0.465 e. The molecule has 0 heterocycles. The van der Waals surface area contributed by atoms with Gasteiger partial charge in [-0.3, -0.25) is 9.59 Å². The van der Waals surface area contributed by atoms with E-state index in [-0.39, 0.29) is 18.6 Å². The maximum atomic E-state index is 11.4. The number of Topliss-reactive ketones (excluding diaryl/α,β-unsaturated/α-hetero) is 1. The summed E-state index contributed by atoms with van der Waals surface area (Å²) in [5.74, 6) is -0.831. The Kier molecular flexibility index (Phi) is 9.87. The quantitative estimate of drug-likeness (QED) is 0.281. The van der Waals surface area contributed by atoms with Gasteiger partial charge in [-0.05, 0) is 12.8 Å². The number of ether oxygens (including phenoxy) is 1. The monoisotopic (exact) mass is 254 g/mol. The van der Waals surface area contributed by atoms with Crippen LogP contribution in [0.3, 0.4) is 0 Å². The van der Waals surface area contributed by atoms with Crippen LogP contribution >= 0.6 is 0 Å². The first-order chi connectivity index (χ1) is 8.60. The number of hydrogen-bond donors (Lipinski definition) is 1. The van der Waals surface area contributed by atoms with Gasteiger partial charge < -0.3 is 9.84 Å². The van der Waals surface area contributed by atoms with Gasteiger partial charge in [0.15, 0.2) is 0 Å². The molecule has 0 aliphatic carbocycles. The molecular formula is C14H22O4. The Morgan fingerprint density at radius 2 is 2.17 bits per heavy atom. The van der Waals surface area contributed by atoms with Crippen LogP contribution in [0.1, 0.15) is 39.0 Å². The van der Waals surface area contributed by atoms with Crippen LogP contribution in [0.2, 0.25) is 0 Å². The van der Waals surface area contributed by atoms with E-state index in [9.17, 15) is 14.7 Å². The Balaban J connectivity index is 3.81. The summed E-state index contributed by atoms with van der Waals surface area (Å²) >= 11 is 0. The Bertz CT molecular complexity index is 294. The van der Waals surface area contributed by atoms with Crippen LogP contribution < -0.4 is 0 Å². The zero-order valence-electron chi connectivity index (χ0n) is 10.9. The van der Waals surface area contributed by atoms with E-state index in [4.69, 9.17) is 4.74 Å². The molecule has 0 spiro atoms. The molecule has 0 radical (unpaired) electrons. The van der Waals surface area contributed by atoms with Crippen LogP contribution in [0, 0.1) is 0 Å². The highest BCUT2D eigenvalue weighted by Gasteiger charge is 2.13. The predicted octanol–water partition coefficient (Wildman–Crippen LogP) is 2.17. The molecule has 0 aromatic carbocycles. The fourth-order valence-electron chi connectivity index (χ4n) is 1.25. The molecule has 1 N–H and O–H groups in total. The molecule has 0 aliphatic rings. The SMILES string of the molecule is C=CC/C=C/[C@@H](O)CC(=O)CC(=O)OCCCC. The van der Waals surface area contributed by atoms with Gasteiger partial charge in [-0.2, -0.15) is 0 Å². The lowest BCUT2D eigenvalue weighted by Crippen LogP contribution is -2.16. The molecule has 0 amide bonds. The smallest absolute Gasteiger partial charge is 0.313 e. The summed E-state index contributed by atoms with van der Waals surface area (Å²) < 4.78 is 4.86. The summed E-state index contributed by atoms with van der Waals surface area (Å²) in [6.45, 7) is 5.87.